The van der Waals surface area contributed by atoms with E-state index in [1.807, 2.05) is 4.90 Å². The van der Waals surface area contributed by atoms with Crippen LogP contribution in [0.2, 0.25) is 0 Å². The second-order valence-electron chi connectivity index (χ2n) is 4.54. The summed E-state index contributed by atoms with van der Waals surface area (Å²) in [6.07, 6.45) is -3.65. The van der Waals surface area contributed by atoms with Crippen LogP contribution in [-0.2, 0) is 9.53 Å². The van der Waals surface area contributed by atoms with Crippen LogP contribution in [0.4, 0.5) is 10.1 Å². The maximum atomic E-state index is 14.0. The minimum atomic E-state index is -1.98. The van der Waals surface area contributed by atoms with Crippen LogP contribution in [0.5, 0.6) is 0 Å². The van der Waals surface area contributed by atoms with Crippen LogP contribution in [0.1, 0.15) is 11.7 Å². The third-order valence-corrected chi connectivity index (χ3v) is 3.22. The molecule has 20 heavy (non-hydrogen) atoms. The van der Waals surface area contributed by atoms with Crippen molar-refractivity contribution in [1.82, 2.24) is 0 Å². The molecule has 1 saturated heterocycles. The van der Waals surface area contributed by atoms with Crippen LogP contribution in [0, 0.1) is 5.82 Å². The summed E-state index contributed by atoms with van der Waals surface area (Å²) in [5, 5.41) is 27.5. The van der Waals surface area contributed by atoms with Gasteiger partial charge in [-0.25, -0.2) is 9.18 Å². The number of hydrogen-bond donors (Lipinski definition) is 3. The van der Waals surface area contributed by atoms with E-state index < -0.39 is 24.0 Å². The number of aliphatic hydroxyl groups excluding tert-OH is 2. The summed E-state index contributed by atoms with van der Waals surface area (Å²) in [5.74, 6) is -2.13. The number of carboxylic acids is 1. The highest BCUT2D eigenvalue weighted by molar-refractivity contribution is 5.73. The maximum absolute atomic E-state index is 14.0. The SMILES string of the molecule is O=C(O)C(O)C(O)c1ccc(N2CCOCC2)c(F)c1. The van der Waals surface area contributed by atoms with E-state index in [1.54, 1.807) is 0 Å². The van der Waals surface area contributed by atoms with Crippen LogP contribution >= 0.6 is 0 Å². The van der Waals surface area contributed by atoms with Crippen molar-refractivity contribution in [1.29, 1.82) is 0 Å². The van der Waals surface area contributed by atoms with Crippen molar-refractivity contribution in [3.63, 3.8) is 0 Å². The van der Waals surface area contributed by atoms with Gasteiger partial charge in [0, 0.05) is 13.1 Å². The predicted molar refractivity (Wildman–Crippen MR) is 68.0 cm³/mol. The molecule has 2 atom stereocenters. The Labute approximate surface area is 115 Å². The van der Waals surface area contributed by atoms with Crippen molar-refractivity contribution in [2.45, 2.75) is 12.2 Å². The fraction of sp³-hybridized carbons (Fsp3) is 0.462. The lowest BCUT2D eigenvalue weighted by Crippen LogP contribution is -2.36. The Morgan fingerprint density at radius 1 is 1.30 bits per heavy atom. The zero-order valence-corrected chi connectivity index (χ0v) is 10.7. The van der Waals surface area contributed by atoms with E-state index in [0.29, 0.717) is 32.0 Å². The van der Waals surface area contributed by atoms with Gasteiger partial charge in [0.05, 0.1) is 18.9 Å². The van der Waals surface area contributed by atoms with Crippen LogP contribution in [0.25, 0.3) is 0 Å². The van der Waals surface area contributed by atoms with Crippen molar-refractivity contribution in [3.05, 3.63) is 29.6 Å². The molecule has 3 N–H and O–H groups in total. The monoisotopic (exact) mass is 285 g/mol. The molecule has 0 radical (unpaired) electrons. The number of aliphatic hydroxyl groups is 2. The summed E-state index contributed by atoms with van der Waals surface area (Å²) in [4.78, 5) is 12.4. The number of hydrogen-bond acceptors (Lipinski definition) is 5. The summed E-state index contributed by atoms with van der Waals surface area (Å²) >= 11 is 0. The Morgan fingerprint density at radius 3 is 2.50 bits per heavy atom. The van der Waals surface area contributed by atoms with Gasteiger partial charge in [-0.2, -0.15) is 0 Å². The van der Waals surface area contributed by atoms with E-state index in [9.17, 15) is 19.4 Å². The van der Waals surface area contributed by atoms with Crippen molar-refractivity contribution < 1.29 is 29.2 Å². The van der Waals surface area contributed by atoms with Gasteiger partial charge in [-0.3, -0.25) is 0 Å². The molecule has 0 spiro atoms. The van der Waals surface area contributed by atoms with Crippen LogP contribution in [0.3, 0.4) is 0 Å². The van der Waals surface area contributed by atoms with Crippen LogP contribution < -0.4 is 4.90 Å². The zero-order valence-electron chi connectivity index (χ0n) is 10.7. The van der Waals surface area contributed by atoms with Crippen molar-refractivity contribution >= 4 is 11.7 Å². The van der Waals surface area contributed by atoms with Gasteiger partial charge in [0.2, 0.25) is 0 Å². The topological polar surface area (TPSA) is 90.2 Å². The van der Waals surface area contributed by atoms with Crippen LogP contribution in [0.15, 0.2) is 18.2 Å². The molecule has 0 saturated carbocycles. The quantitative estimate of drug-likeness (QED) is 0.729. The van der Waals surface area contributed by atoms with E-state index in [0.717, 1.165) is 6.07 Å². The molecule has 1 heterocycles. The minimum Gasteiger partial charge on any atom is -0.479 e. The first-order chi connectivity index (χ1) is 9.50. The third kappa shape index (κ3) is 3.06. The third-order valence-electron chi connectivity index (χ3n) is 3.22. The average molecular weight is 285 g/mol. The fourth-order valence-corrected chi connectivity index (χ4v) is 2.09. The largest absolute Gasteiger partial charge is 0.479 e. The first kappa shape index (κ1) is 14.7. The normalized spacial score (nSPS) is 18.6. The number of morpholine rings is 1. The van der Waals surface area contributed by atoms with E-state index >= 15 is 0 Å². The molecule has 1 aromatic carbocycles. The van der Waals surface area contributed by atoms with E-state index in [4.69, 9.17) is 9.84 Å². The van der Waals surface area contributed by atoms with Gasteiger partial charge in [-0.1, -0.05) is 6.07 Å². The van der Waals surface area contributed by atoms with Crippen molar-refractivity contribution in [3.8, 4) is 0 Å². The summed E-state index contributed by atoms with van der Waals surface area (Å²) in [6, 6.07) is 3.92. The first-order valence-corrected chi connectivity index (χ1v) is 6.22. The molecule has 0 amide bonds. The van der Waals surface area contributed by atoms with Gasteiger partial charge < -0.3 is 25.0 Å². The lowest BCUT2D eigenvalue weighted by molar-refractivity contribution is -0.153. The second kappa shape index (κ2) is 6.17. The van der Waals surface area contributed by atoms with Gasteiger partial charge in [0.15, 0.2) is 6.10 Å². The zero-order chi connectivity index (χ0) is 14.7. The number of carbonyl (C=O) groups is 1. The molecule has 2 rings (SSSR count). The molecule has 0 bridgehead atoms. The molecule has 7 heteroatoms. The Morgan fingerprint density at radius 2 is 1.95 bits per heavy atom. The summed E-state index contributed by atoms with van der Waals surface area (Å²) in [5.41, 5.74) is 0.392. The van der Waals surface area contributed by atoms with Crippen molar-refractivity contribution in [2.75, 3.05) is 31.2 Å². The molecule has 1 aromatic rings. The van der Waals surface area contributed by atoms with Gasteiger partial charge >= 0.3 is 5.97 Å². The molecule has 6 nitrogen and oxygen atoms in total. The number of halogens is 1. The molecule has 1 aliphatic rings. The molecular weight excluding hydrogens is 269 g/mol. The lowest BCUT2D eigenvalue weighted by atomic mass is 10.0. The molecule has 110 valence electrons. The van der Waals surface area contributed by atoms with E-state index in [-0.39, 0.29) is 5.56 Å². The number of carboxylic acid groups (broad SMARTS) is 1. The van der Waals surface area contributed by atoms with Gasteiger partial charge in [0.25, 0.3) is 0 Å². The smallest absolute Gasteiger partial charge is 0.335 e. The number of benzene rings is 1. The molecule has 2 unspecified atom stereocenters. The Hall–Kier alpha value is -1.70. The number of ether oxygens (including phenoxy) is 1. The lowest BCUT2D eigenvalue weighted by Gasteiger charge is -2.29. The fourth-order valence-electron chi connectivity index (χ4n) is 2.09. The number of anilines is 1. The second-order valence-corrected chi connectivity index (χ2v) is 4.54. The molecular formula is C13H16FNO5. The maximum Gasteiger partial charge on any atom is 0.335 e. The Bertz CT molecular complexity index is 490. The average Bonchev–Trinajstić information content (AvgIpc) is 2.46. The molecule has 0 aromatic heterocycles. The number of aliphatic carboxylic acids is 1. The van der Waals surface area contributed by atoms with E-state index in [2.05, 4.69) is 0 Å². The minimum absolute atomic E-state index is 0.0226. The highest BCUT2D eigenvalue weighted by Crippen LogP contribution is 2.25. The number of rotatable bonds is 4. The molecule has 0 aliphatic carbocycles. The Kier molecular flexibility index (Phi) is 4.53. The van der Waals surface area contributed by atoms with Gasteiger partial charge in [-0.15, -0.1) is 0 Å². The van der Waals surface area contributed by atoms with Crippen LogP contribution in [-0.4, -0.2) is 53.7 Å². The molecule has 1 fully saturated rings. The van der Waals surface area contributed by atoms with Gasteiger partial charge in [0.1, 0.15) is 11.9 Å². The summed E-state index contributed by atoms with van der Waals surface area (Å²) in [6.45, 7) is 2.16. The highest BCUT2D eigenvalue weighted by Gasteiger charge is 2.26. The highest BCUT2D eigenvalue weighted by atomic mass is 19.1. The molecule has 1 aliphatic heterocycles. The first-order valence-electron chi connectivity index (χ1n) is 6.22. The summed E-state index contributed by atoms with van der Waals surface area (Å²) in [7, 11) is 0. The Balaban J connectivity index is 2.18. The standard InChI is InChI=1S/C13H16FNO5/c14-9-7-8(11(16)12(17)13(18)19)1-2-10(9)15-3-5-20-6-4-15/h1-2,7,11-12,16-17H,3-6H2,(H,18,19). The van der Waals surface area contributed by atoms with Gasteiger partial charge in [-0.05, 0) is 17.7 Å². The number of nitrogens with zero attached hydrogens (tertiary/aromatic N) is 1. The predicted octanol–water partition coefficient (Wildman–Crippen LogP) is 0.141. The van der Waals surface area contributed by atoms with Crippen molar-refractivity contribution in [2.24, 2.45) is 0 Å². The summed E-state index contributed by atoms with van der Waals surface area (Å²) < 4.78 is 19.2. The van der Waals surface area contributed by atoms with E-state index in [1.165, 1.54) is 12.1 Å².